The Hall–Kier alpha value is -3.41. The number of alkyl halides is 3. The highest BCUT2D eigenvalue weighted by molar-refractivity contribution is 6.17. The maximum absolute atomic E-state index is 13.0. The van der Waals surface area contributed by atoms with Gasteiger partial charge in [-0.1, -0.05) is 42.5 Å². The molecule has 30 heavy (non-hydrogen) atoms. The fourth-order valence-electron chi connectivity index (χ4n) is 3.55. The number of benzene rings is 3. The lowest BCUT2D eigenvalue weighted by molar-refractivity contribution is -0.137. The highest BCUT2D eigenvalue weighted by Gasteiger charge is 2.30. The summed E-state index contributed by atoms with van der Waals surface area (Å²) in [6, 6.07) is 17.9. The van der Waals surface area contributed by atoms with Crippen LogP contribution < -0.4 is 0 Å². The van der Waals surface area contributed by atoms with Crippen molar-refractivity contribution < 1.29 is 22.7 Å². The van der Waals surface area contributed by atoms with Crippen LogP contribution in [0, 0.1) is 0 Å². The zero-order chi connectivity index (χ0) is 21.3. The van der Waals surface area contributed by atoms with Crippen molar-refractivity contribution in [3.05, 3.63) is 94.5 Å². The van der Waals surface area contributed by atoms with Gasteiger partial charge >= 0.3 is 12.1 Å². The topological polar surface area (TPSA) is 38.7 Å². The fourth-order valence-corrected chi connectivity index (χ4v) is 3.55. The average molecular weight is 409 g/mol. The van der Waals surface area contributed by atoms with E-state index in [0.717, 1.165) is 34.4 Å². The third-order valence-electron chi connectivity index (χ3n) is 4.99. The van der Waals surface area contributed by atoms with Crippen LogP contribution in [0.15, 0.2) is 71.7 Å². The molecule has 152 valence electrons. The predicted molar refractivity (Wildman–Crippen MR) is 109 cm³/mol. The fraction of sp³-hybridized carbons (Fsp3) is 0.167. The number of rotatable bonds is 3. The monoisotopic (exact) mass is 409 g/mol. The Kier molecular flexibility index (Phi) is 5.16. The number of carbonyl (C=O) groups excluding carboxylic acids is 1. The van der Waals surface area contributed by atoms with Crippen LogP contribution in [0.2, 0.25) is 0 Å². The van der Waals surface area contributed by atoms with E-state index < -0.39 is 17.7 Å². The molecule has 0 bridgehead atoms. The molecule has 1 aliphatic heterocycles. The van der Waals surface area contributed by atoms with Gasteiger partial charge in [0.15, 0.2) is 0 Å². The van der Waals surface area contributed by atoms with Crippen LogP contribution >= 0.6 is 0 Å². The summed E-state index contributed by atoms with van der Waals surface area (Å²) in [7, 11) is 0. The number of hydrogen-bond acceptors (Lipinski definition) is 3. The highest BCUT2D eigenvalue weighted by atomic mass is 19.4. The van der Waals surface area contributed by atoms with Crippen molar-refractivity contribution in [1.82, 2.24) is 0 Å². The molecular weight excluding hydrogens is 391 g/mol. The maximum Gasteiger partial charge on any atom is 0.416 e. The van der Waals surface area contributed by atoms with E-state index in [1.165, 1.54) is 12.1 Å². The molecule has 0 spiro atoms. The molecule has 3 nitrogen and oxygen atoms in total. The quantitative estimate of drug-likeness (QED) is 0.505. The van der Waals surface area contributed by atoms with Gasteiger partial charge in [0.2, 0.25) is 0 Å². The van der Waals surface area contributed by atoms with Crippen molar-refractivity contribution in [2.24, 2.45) is 4.99 Å². The van der Waals surface area contributed by atoms with E-state index in [0.29, 0.717) is 23.4 Å². The molecule has 3 aromatic carbocycles. The summed E-state index contributed by atoms with van der Waals surface area (Å²) in [5.74, 6) is -0.421. The number of ether oxygens (including phenoxy) is 1. The molecule has 0 N–H and O–H groups in total. The Morgan fingerprint density at radius 2 is 1.70 bits per heavy atom. The molecule has 0 radical (unpaired) electrons. The number of carbonyl (C=O) groups is 1. The van der Waals surface area contributed by atoms with Crippen molar-refractivity contribution >= 4 is 11.7 Å². The van der Waals surface area contributed by atoms with Crippen LogP contribution in [0.5, 0.6) is 0 Å². The number of fused-ring (bicyclic) bond motifs is 3. The molecular formula is C24H18F3NO2. The smallest absolute Gasteiger partial charge is 0.416 e. The summed E-state index contributed by atoms with van der Waals surface area (Å²) >= 11 is 0. The van der Waals surface area contributed by atoms with Crippen LogP contribution in [-0.2, 0) is 17.5 Å². The normalized spacial score (nSPS) is 13.0. The lowest BCUT2D eigenvalue weighted by atomic mass is 9.90. The molecule has 0 amide bonds. The van der Waals surface area contributed by atoms with Crippen LogP contribution in [-0.4, -0.2) is 18.3 Å². The molecule has 6 heteroatoms. The lowest BCUT2D eigenvalue weighted by Crippen LogP contribution is -2.09. The van der Waals surface area contributed by atoms with E-state index in [9.17, 15) is 18.0 Å². The van der Waals surface area contributed by atoms with Crippen LogP contribution in [0.4, 0.5) is 13.2 Å². The molecule has 1 aliphatic rings. The van der Waals surface area contributed by atoms with Crippen molar-refractivity contribution in [1.29, 1.82) is 0 Å². The van der Waals surface area contributed by atoms with E-state index >= 15 is 0 Å². The summed E-state index contributed by atoms with van der Waals surface area (Å²) in [5.41, 5.74) is 4.35. The third-order valence-corrected chi connectivity index (χ3v) is 4.99. The first-order valence-electron chi connectivity index (χ1n) is 9.50. The van der Waals surface area contributed by atoms with Gasteiger partial charge in [-0.05, 0) is 47.9 Å². The van der Waals surface area contributed by atoms with Gasteiger partial charge in [0.05, 0.1) is 30.0 Å². The van der Waals surface area contributed by atoms with E-state index in [4.69, 9.17) is 9.73 Å². The second-order valence-electron chi connectivity index (χ2n) is 6.88. The highest BCUT2D eigenvalue weighted by Crippen LogP contribution is 2.34. The van der Waals surface area contributed by atoms with Crippen molar-refractivity contribution in [2.75, 3.05) is 6.61 Å². The van der Waals surface area contributed by atoms with E-state index in [1.807, 2.05) is 24.3 Å². The number of halogens is 3. The van der Waals surface area contributed by atoms with Crippen molar-refractivity contribution in [3.63, 3.8) is 0 Å². The molecule has 3 aromatic rings. The third kappa shape index (κ3) is 3.73. The summed E-state index contributed by atoms with van der Waals surface area (Å²) in [4.78, 5) is 17.0. The molecule has 0 saturated heterocycles. The van der Waals surface area contributed by atoms with E-state index in [2.05, 4.69) is 0 Å². The molecule has 1 heterocycles. The molecule has 0 fully saturated rings. The van der Waals surface area contributed by atoms with Crippen molar-refractivity contribution in [2.45, 2.75) is 19.6 Å². The first-order valence-corrected chi connectivity index (χ1v) is 9.50. The lowest BCUT2D eigenvalue weighted by Gasteiger charge is -2.14. The standard InChI is InChI=1S/C24H18F3NO2/c1-2-30-23(29)16-9-12-20-21(13-16)19-6-4-3-5-17(19)14-28-22(20)15-7-10-18(11-8-15)24(25,26)27/h3-13H,2,14H2,1H3. The van der Waals surface area contributed by atoms with Crippen LogP contribution in [0.25, 0.3) is 11.1 Å². The second-order valence-corrected chi connectivity index (χ2v) is 6.88. The average Bonchev–Trinajstić information content (AvgIpc) is 2.90. The Morgan fingerprint density at radius 3 is 2.40 bits per heavy atom. The number of nitrogens with zero attached hydrogens (tertiary/aromatic N) is 1. The van der Waals surface area contributed by atoms with Gasteiger partial charge in [-0.15, -0.1) is 0 Å². The van der Waals surface area contributed by atoms with Gasteiger partial charge in [0.25, 0.3) is 0 Å². The maximum atomic E-state index is 13.0. The summed E-state index contributed by atoms with van der Waals surface area (Å²) in [5, 5.41) is 0. The van der Waals surface area contributed by atoms with Crippen LogP contribution in [0.3, 0.4) is 0 Å². The van der Waals surface area contributed by atoms with Crippen LogP contribution in [0.1, 0.15) is 39.5 Å². The summed E-state index contributed by atoms with van der Waals surface area (Å²) in [6.07, 6.45) is -4.40. The van der Waals surface area contributed by atoms with Gasteiger partial charge < -0.3 is 4.74 Å². The second kappa shape index (κ2) is 7.78. The van der Waals surface area contributed by atoms with Gasteiger partial charge in [-0.3, -0.25) is 4.99 Å². The number of hydrogen-bond donors (Lipinski definition) is 0. The Labute approximate surface area is 171 Å². The van der Waals surface area contributed by atoms with Gasteiger partial charge in [-0.2, -0.15) is 13.2 Å². The predicted octanol–water partition coefficient (Wildman–Crippen LogP) is 5.90. The SMILES string of the molecule is CCOC(=O)c1ccc2c(c1)-c1ccccc1CN=C2c1ccc(C(F)(F)F)cc1. The van der Waals surface area contributed by atoms with E-state index in [-0.39, 0.29) is 6.61 Å². The zero-order valence-corrected chi connectivity index (χ0v) is 16.2. The van der Waals surface area contributed by atoms with E-state index in [1.54, 1.807) is 25.1 Å². The Balaban J connectivity index is 1.85. The zero-order valence-electron chi connectivity index (χ0n) is 16.2. The summed E-state index contributed by atoms with van der Waals surface area (Å²) < 4.78 is 44.0. The number of esters is 1. The molecule has 0 atom stereocenters. The van der Waals surface area contributed by atoms with Gasteiger partial charge in [-0.25, -0.2) is 4.79 Å². The molecule has 0 aliphatic carbocycles. The minimum Gasteiger partial charge on any atom is -0.462 e. The molecule has 0 aromatic heterocycles. The summed E-state index contributed by atoms with van der Waals surface area (Å²) in [6.45, 7) is 2.40. The Morgan fingerprint density at radius 1 is 0.967 bits per heavy atom. The first kappa shape index (κ1) is 19.9. The first-order chi connectivity index (χ1) is 14.4. The van der Waals surface area contributed by atoms with Gasteiger partial charge in [0, 0.05) is 11.1 Å². The molecule has 0 saturated carbocycles. The van der Waals surface area contributed by atoms with Gasteiger partial charge in [0.1, 0.15) is 0 Å². The minimum absolute atomic E-state index is 0.269. The molecule has 0 unspecified atom stereocenters. The largest absolute Gasteiger partial charge is 0.462 e. The minimum atomic E-state index is -4.40. The Bertz CT molecular complexity index is 1130. The van der Waals surface area contributed by atoms with Crippen molar-refractivity contribution in [3.8, 4) is 11.1 Å². The number of aliphatic imine (C=N–C) groups is 1. The molecule has 4 rings (SSSR count).